The Morgan fingerprint density at radius 2 is 2.32 bits per heavy atom. The van der Waals surface area contributed by atoms with Gasteiger partial charge >= 0.3 is 0 Å². The maximum absolute atomic E-state index is 12.3. The average Bonchev–Trinajstić information content (AvgIpc) is 3.06. The fraction of sp³-hybridized carbons (Fsp3) is 0.375. The van der Waals surface area contributed by atoms with Crippen molar-refractivity contribution in [3.63, 3.8) is 0 Å². The highest BCUT2D eigenvalue weighted by Crippen LogP contribution is 2.27. The highest BCUT2D eigenvalue weighted by Gasteiger charge is 2.20. The molecule has 0 saturated carbocycles. The van der Waals surface area contributed by atoms with Crippen LogP contribution >= 0.6 is 11.3 Å². The number of ether oxygens (including phenoxy) is 1. The number of rotatable bonds is 4. The van der Waals surface area contributed by atoms with Crippen molar-refractivity contribution in [3.05, 3.63) is 40.3 Å². The molecule has 1 aliphatic rings. The lowest BCUT2D eigenvalue weighted by atomic mass is 10.0. The van der Waals surface area contributed by atoms with E-state index in [2.05, 4.69) is 15.6 Å². The minimum absolute atomic E-state index is 0.198. The van der Waals surface area contributed by atoms with Crippen LogP contribution in [0.3, 0.4) is 0 Å². The van der Waals surface area contributed by atoms with Crippen LogP contribution in [0.15, 0.2) is 29.6 Å². The van der Waals surface area contributed by atoms with Crippen LogP contribution in [0.1, 0.15) is 34.3 Å². The first-order valence-corrected chi connectivity index (χ1v) is 8.26. The van der Waals surface area contributed by atoms with Crippen LogP contribution in [-0.4, -0.2) is 31.1 Å². The van der Waals surface area contributed by atoms with Crippen LogP contribution in [0.25, 0.3) is 0 Å². The molecule has 0 aliphatic carbocycles. The van der Waals surface area contributed by atoms with Crippen LogP contribution in [0.5, 0.6) is 5.75 Å². The highest BCUT2D eigenvalue weighted by molar-refractivity contribution is 7.10. The Hall–Kier alpha value is -1.92. The molecule has 1 fully saturated rings. The number of carbonyl (C=O) groups excluding carboxylic acids is 1. The van der Waals surface area contributed by atoms with Gasteiger partial charge in [-0.25, -0.2) is 4.98 Å². The van der Waals surface area contributed by atoms with Gasteiger partial charge in [0.05, 0.1) is 17.8 Å². The molecule has 1 atom stereocenters. The van der Waals surface area contributed by atoms with Crippen LogP contribution < -0.4 is 15.4 Å². The van der Waals surface area contributed by atoms with Gasteiger partial charge in [0.2, 0.25) is 0 Å². The van der Waals surface area contributed by atoms with E-state index >= 15 is 0 Å². The number of thiazole rings is 1. The molecule has 2 N–H and O–H groups in total. The van der Waals surface area contributed by atoms with Crippen molar-refractivity contribution < 1.29 is 9.53 Å². The summed E-state index contributed by atoms with van der Waals surface area (Å²) in [7, 11) is 1.59. The van der Waals surface area contributed by atoms with Crippen molar-refractivity contribution in [3.8, 4) is 5.75 Å². The summed E-state index contributed by atoms with van der Waals surface area (Å²) in [5.74, 6) is 0.866. The normalized spacial score (nSPS) is 18.0. The summed E-state index contributed by atoms with van der Waals surface area (Å²) in [6.07, 6.45) is 2.29. The molecular weight excluding hydrogens is 298 g/mol. The Bertz CT molecular complexity index is 650. The molecule has 1 saturated heterocycles. The van der Waals surface area contributed by atoms with E-state index in [0.717, 1.165) is 30.9 Å². The van der Waals surface area contributed by atoms with E-state index in [4.69, 9.17) is 4.74 Å². The van der Waals surface area contributed by atoms with Crippen molar-refractivity contribution in [1.29, 1.82) is 0 Å². The summed E-state index contributed by atoms with van der Waals surface area (Å²) in [6, 6.07) is 7.36. The molecule has 3 rings (SSSR count). The molecule has 2 heterocycles. The lowest BCUT2D eigenvalue weighted by molar-refractivity contribution is 0.102. The minimum Gasteiger partial charge on any atom is -0.495 e. The second-order valence-corrected chi connectivity index (χ2v) is 6.16. The fourth-order valence-electron chi connectivity index (χ4n) is 2.58. The zero-order valence-corrected chi connectivity index (χ0v) is 13.3. The second-order valence-electron chi connectivity index (χ2n) is 5.27. The van der Waals surface area contributed by atoms with Gasteiger partial charge in [-0.1, -0.05) is 12.1 Å². The molecule has 0 bridgehead atoms. The molecule has 0 spiro atoms. The van der Waals surface area contributed by atoms with Crippen LogP contribution in [0.4, 0.5) is 5.69 Å². The summed E-state index contributed by atoms with van der Waals surface area (Å²) < 4.78 is 5.24. The number of para-hydroxylation sites is 2. The maximum atomic E-state index is 12.3. The van der Waals surface area contributed by atoms with Gasteiger partial charge in [0.1, 0.15) is 11.4 Å². The summed E-state index contributed by atoms with van der Waals surface area (Å²) in [4.78, 5) is 16.9. The first-order chi connectivity index (χ1) is 10.8. The van der Waals surface area contributed by atoms with Crippen molar-refractivity contribution in [2.24, 2.45) is 0 Å². The molecule has 116 valence electrons. The van der Waals surface area contributed by atoms with Crippen molar-refractivity contribution in [2.75, 3.05) is 25.5 Å². The number of anilines is 1. The fourth-order valence-corrected chi connectivity index (χ4v) is 3.51. The Morgan fingerprint density at radius 3 is 3.09 bits per heavy atom. The lowest BCUT2D eigenvalue weighted by Gasteiger charge is -2.20. The third kappa shape index (κ3) is 3.28. The summed E-state index contributed by atoms with van der Waals surface area (Å²) in [5, 5.41) is 9.10. The number of nitrogens with one attached hydrogen (secondary N) is 2. The number of hydrogen-bond donors (Lipinski definition) is 2. The number of piperidine rings is 1. The van der Waals surface area contributed by atoms with Crippen LogP contribution in [-0.2, 0) is 0 Å². The van der Waals surface area contributed by atoms with E-state index in [1.807, 2.05) is 29.6 Å². The number of hydrogen-bond acceptors (Lipinski definition) is 5. The average molecular weight is 317 g/mol. The Balaban J connectivity index is 1.71. The SMILES string of the molecule is COc1ccccc1NC(=O)c1csc(C2CCCNC2)n1. The molecule has 1 aliphatic heterocycles. The molecule has 1 unspecified atom stereocenters. The van der Waals surface area contributed by atoms with Gasteiger partial charge in [0, 0.05) is 17.8 Å². The number of nitrogens with zero attached hydrogens (tertiary/aromatic N) is 1. The molecule has 22 heavy (non-hydrogen) atoms. The number of amides is 1. The van der Waals surface area contributed by atoms with Gasteiger partial charge in [0.15, 0.2) is 0 Å². The van der Waals surface area contributed by atoms with E-state index < -0.39 is 0 Å². The van der Waals surface area contributed by atoms with E-state index in [1.165, 1.54) is 0 Å². The lowest BCUT2D eigenvalue weighted by Crippen LogP contribution is -2.28. The quantitative estimate of drug-likeness (QED) is 0.910. The number of benzene rings is 1. The number of aromatic nitrogens is 1. The smallest absolute Gasteiger partial charge is 0.275 e. The minimum atomic E-state index is -0.198. The van der Waals surface area contributed by atoms with Gasteiger partial charge in [-0.2, -0.15) is 0 Å². The highest BCUT2D eigenvalue weighted by atomic mass is 32.1. The predicted octanol–water partition coefficient (Wildman–Crippen LogP) is 2.87. The number of carbonyl (C=O) groups is 1. The van der Waals surface area contributed by atoms with Gasteiger partial charge < -0.3 is 15.4 Å². The monoisotopic (exact) mass is 317 g/mol. The van der Waals surface area contributed by atoms with E-state index in [9.17, 15) is 4.79 Å². The molecule has 6 heteroatoms. The third-order valence-electron chi connectivity index (χ3n) is 3.76. The van der Waals surface area contributed by atoms with Crippen molar-refractivity contribution >= 4 is 22.9 Å². The first-order valence-electron chi connectivity index (χ1n) is 7.38. The third-order valence-corrected chi connectivity index (χ3v) is 4.76. The second kappa shape index (κ2) is 6.89. The predicted molar refractivity (Wildman–Crippen MR) is 87.9 cm³/mol. The van der Waals surface area contributed by atoms with E-state index in [1.54, 1.807) is 18.4 Å². The van der Waals surface area contributed by atoms with Gasteiger partial charge in [-0.05, 0) is 31.5 Å². The summed E-state index contributed by atoms with van der Waals surface area (Å²) >= 11 is 1.56. The van der Waals surface area contributed by atoms with Gasteiger partial charge in [-0.15, -0.1) is 11.3 Å². The zero-order valence-electron chi connectivity index (χ0n) is 12.5. The topological polar surface area (TPSA) is 63.2 Å². The van der Waals surface area contributed by atoms with Crippen LogP contribution in [0, 0.1) is 0 Å². The van der Waals surface area contributed by atoms with Crippen LogP contribution in [0.2, 0.25) is 0 Å². The molecule has 1 aromatic heterocycles. The molecular formula is C16H19N3O2S. The maximum Gasteiger partial charge on any atom is 0.275 e. The van der Waals surface area contributed by atoms with E-state index in [0.29, 0.717) is 23.0 Å². The Morgan fingerprint density at radius 1 is 1.45 bits per heavy atom. The summed E-state index contributed by atoms with van der Waals surface area (Å²) in [5.41, 5.74) is 1.13. The molecule has 1 aromatic carbocycles. The molecule has 1 amide bonds. The summed E-state index contributed by atoms with van der Waals surface area (Å²) in [6.45, 7) is 2.02. The van der Waals surface area contributed by atoms with E-state index in [-0.39, 0.29) is 5.91 Å². The Kier molecular flexibility index (Phi) is 4.70. The first kappa shape index (κ1) is 15.0. The Labute approximate surface area is 133 Å². The van der Waals surface area contributed by atoms with Crippen molar-refractivity contribution in [2.45, 2.75) is 18.8 Å². The zero-order chi connectivity index (χ0) is 15.4. The standard InChI is InChI=1S/C16H19N3O2S/c1-21-14-7-3-2-6-12(14)18-15(20)13-10-22-16(19-13)11-5-4-8-17-9-11/h2-3,6-7,10-11,17H,4-5,8-9H2,1H3,(H,18,20). The van der Waals surface area contributed by atoms with Gasteiger partial charge in [0.25, 0.3) is 5.91 Å². The van der Waals surface area contributed by atoms with Gasteiger partial charge in [-0.3, -0.25) is 4.79 Å². The number of methoxy groups -OCH3 is 1. The molecule has 2 aromatic rings. The molecule has 5 nitrogen and oxygen atoms in total. The largest absolute Gasteiger partial charge is 0.495 e. The van der Waals surface area contributed by atoms with Crippen molar-refractivity contribution in [1.82, 2.24) is 10.3 Å². The molecule has 0 radical (unpaired) electrons.